The zero-order valence-corrected chi connectivity index (χ0v) is 11.6. The first-order chi connectivity index (χ1) is 9.13. The summed E-state index contributed by atoms with van der Waals surface area (Å²) in [6.45, 7) is 2.59. The summed E-state index contributed by atoms with van der Waals surface area (Å²) in [7, 11) is 1.96. The van der Waals surface area contributed by atoms with E-state index in [-0.39, 0.29) is 0 Å². The number of nitrogen functional groups attached to an aromatic ring is 1. The van der Waals surface area contributed by atoms with E-state index in [0.717, 1.165) is 22.0 Å². The van der Waals surface area contributed by atoms with Gasteiger partial charge in [-0.25, -0.2) is 15.8 Å². The van der Waals surface area contributed by atoms with Gasteiger partial charge in [-0.05, 0) is 18.6 Å². The number of halogens is 1. The maximum Gasteiger partial charge on any atom is 0.148 e. The molecule has 0 aliphatic heterocycles. The topological polar surface area (TPSA) is 67.1 Å². The fourth-order valence-corrected chi connectivity index (χ4v) is 2.12. The molecule has 0 amide bonds. The number of anilines is 2. The number of aromatic nitrogens is 2. The molecule has 100 valence electrons. The number of benzene rings is 1. The lowest BCUT2D eigenvalue weighted by atomic mass is 10.2. The van der Waals surface area contributed by atoms with E-state index in [4.69, 9.17) is 17.4 Å². The fraction of sp³-hybridized carbons (Fsp3) is 0.231. The van der Waals surface area contributed by atoms with Crippen molar-refractivity contribution < 1.29 is 0 Å². The lowest BCUT2D eigenvalue weighted by Crippen LogP contribution is -2.21. The Balaban J connectivity index is 2.26. The van der Waals surface area contributed by atoms with Crippen LogP contribution in [0.4, 0.5) is 11.6 Å². The second kappa shape index (κ2) is 5.86. The Morgan fingerprint density at radius 3 is 2.74 bits per heavy atom. The van der Waals surface area contributed by atoms with Crippen LogP contribution in [-0.4, -0.2) is 17.0 Å². The summed E-state index contributed by atoms with van der Waals surface area (Å²) in [5, 5.41) is 0.748. The lowest BCUT2D eigenvalue weighted by Gasteiger charge is -2.21. The summed E-state index contributed by atoms with van der Waals surface area (Å²) < 4.78 is 0. The van der Waals surface area contributed by atoms with E-state index in [1.54, 1.807) is 0 Å². The Morgan fingerprint density at radius 1 is 1.32 bits per heavy atom. The quantitative estimate of drug-likeness (QED) is 0.663. The molecule has 2 rings (SSSR count). The monoisotopic (exact) mass is 277 g/mol. The van der Waals surface area contributed by atoms with Gasteiger partial charge in [0.15, 0.2) is 0 Å². The molecule has 6 heteroatoms. The van der Waals surface area contributed by atoms with Crippen LogP contribution in [0.15, 0.2) is 30.6 Å². The minimum atomic E-state index is 0.621. The van der Waals surface area contributed by atoms with Crippen molar-refractivity contribution in [3.8, 4) is 0 Å². The van der Waals surface area contributed by atoms with Gasteiger partial charge in [-0.15, -0.1) is 0 Å². The molecule has 0 saturated heterocycles. The molecule has 0 spiro atoms. The van der Waals surface area contributed by atoms with E-state index in [9.17, 15) is 0 Å². The fourth-order valence-electron chi connectivity index (χ4n) is 1.93. The van der Waals surface area contributed by atoms with Gasteiger partial charge in [0.05, 0.1) is 0 Å². The largest absolute Gasteiger partial charge is 0.355 e. The van der Waals surface area contributed by atoms with Crippen LogP contribution < -0.4 is 16.2 Å². The molecule has 0 unspecified atom stereocenters. The van der Waals surface area contributed by atoms with Gasteiger partial charge in [-0.1, -0.05) is 29.8 Å². The van der Waals surface area contributed by atoms with Crippen molar-refractivity contribution in [3.05, 3.63) is 46.7 Å². The van der Waals surface area contributed by atoms with Gasteiger partial charge in [0.25, 0.3) is 0 Å². The summed E-state index contributed by atoms with van der Waals surface area (Å²) in [4.78, 5) is 10.4. The second-order valence-corrected chi connectivity index (χ2v) is 4.67. The maximum atomic E-state index is 6.16. The molecule has 0 fully saturated rings. The number of nitrogens with one attached hydrogen (secondary N) is 1. The van der Waals surface area contributed by atoms with Crippen LogP contribution in [0.1, 0.15) is 11.1 Å². The van der Waals surface area contributed by atoms with Crippen molar-refractivity contribution >= 4 is 23.2 Å². The molecule has 0 aliphatic rings. The predicted molar refractivity (Wildman–Crippen MR) is 78.1 cm³/mol. The van der Waals surface area contributed by atoms with Crippen LogP contribution in [0.5, 0.6) is 0 Å². The third kappa shape index (κ3) is 2.94. The molecule has 0 bridgehead atoms. The number of hydrogen-bond acceptors (Lipinski definition) is 5. The zero-order chi connectivity index (χ0) is 13.8. The van der Waals surface area contributed by atoms with Crippen LogP contribution in [0.3, 0.4) is 0 Å². The molecule has 1 aromatic carbocycles. The van der Waals surface area contributed by atoms with Crippen molar-refractivity contribution in [1.29, 1.82) is 0 Å². The zero-order valence-electron chi connectivity index (χ0n) is 10.9. The van der Waals surface area contributed by atoms with Crippen molar-refractivity contribution in [1.82, 2.24) is 9.97 Å². The summed E-state index contributed by atoms with van der Waals surface area (Å²) in [5.74, 6) is 6.86. The molecule has 3 N–H and O–H groups in total. The number of rotatable bonds is 4. The SMILES string of the molecule is Cc1c(NN)ncnc1N(C)Cc1ccccc1Cl. The molecule has 0 atom stereocenters. The molecular formula is C13H16ClN5. The van der Waals surface area contributed by atoms with E-state index in [2.05, 4.69) is 15.4 Å². The molecule has 2 aromatic rings. The van der Waals surface area contributed by atoms with Crippen molar-refractivity contribution in [3.63, 3.8) is 0 Å². The average molecular weight is 278 g/mol. The molecule has 19 heavy (non-hydrogen) atoms. The highest BCUT2D eigenvalue weighted by atomic mass is 35.5. The van der Waals surface area contributed by atoms with Crippen LogP contribution in [-0.2, 0) is 6.54 Å². The van der Waals surface area contributed by atoms with E-state index < -0.39 is 0 Å². The second-order valence-electron chi connectivity index (χ2n) is 4.26. The van der Waals surface area contributed by atoms with Crippen LogP contribution in [0, 0.1) is 6.92 Å². The maximum absolute atomic E-state index is 6.16. The van der Waals surface area contributed by atoms with Gasteiger partial charge >= 0.3 is 0 Å². The Morgan fingerprint density at radius 2 is 2.05 bits per heavy atom. The van der Waals surface area contributed by atoms with Crippen molar-refractivity contribution in [2.24, 2.45) is 5.84 Å². The summed E-state index contributed by atoms with van der Waals surface area (Å²) >= 11 is 6.16. The summed E-state index contributed by atoms with van der Waals surface area (Å²) in [6, 6.07) is 7.76. The third-order valence-electron chi connectivity index (χ3n) is 2.92. The highest BCUT2D eigenvalue weighted by Gasteiger charge is 2.11. The van der Waals surface area contributed by atoms with Gasteiger partial charge in [-0.2, -0.15) is 0 Å². The van der Waals surface area contributed by atoms with E-state index in [1.165, 1.54) is 6.33 Å². The Labute approximate surface area is 117 Å². The standard InChI is InChI=1S/C13H16ClN5/c1-9-12(18-15)16-8-17-13(9)19(2)7-10-5-3-4-6-11(10)14/h3-6,8H,7,15H2,1-2H3,(H,16,17,18). The van der Waals surface area contributed by atoms with Crippen molar-refractivity contribution in [2.75, 3.05) is 17.4 Å². The molecule has 0 radical (unpaired) electrons. The first kappa shape index (κ1) is 13.6. The smallest absolute Gasteiger partial charge is 0.148 e. The van der Waals surface area contributed by atoms with Gasteiger partial charge in [0, 0.05) is 24.2 Å². The van der Waals surface area contributed by atoms with E-state index in [0.29, 0.717) is 12.4 Å². The summed E-state index contributed by atoms with van der Waals surface area (Å²) in [6.07, 6.45) is 1.49. The number of hydrogen-bond donors (Lipinski definition) is 2. The lowest BCUT2D eigenvalue weighted by molar-refractivity contribution is 0.882. The van der Waals surface area contributed by atoms with Crippen LogP contribution in [0.2, 0.25) is 5.02 Å². The molecule has 1 aromatic heterocycles. The Kier molecular flexibility index (Phi) is 4.19. The third-order valence-corrected chi connectivity index (χ3v) is 3.29. The highest BCUT2D eigenvalue weighted by Crippen LogP contribution is 2.23. The Bertz CT molecular complexity index is 573. The molecule has 1 heterocycles. The predicted octanol–water partition coefficient (Wildman–Crippen LogP) is 2.36. The van der Waals surface area contributed by atoms with E-state index >= 15 is 0 Å². The molecule has 5 nitrogen and oxygen atoms in total. The van der Waals surface area contributed by atoms with Crippen LogP contribution in [0.25, 0.3) is 0 Å². The minimum Gasteiger partial charge on any atom is -0.355 e. The normalized spacial score (nSPS) is 10.3. The first-order valence-corrected chi connectivity index (χ1v) is 6.24. The number of nitrogens with zero attached hydrogens (tertiary/aromatic N) is 3. The molecule has 0 aliphatic carbocycles. The highest BCUT2D eigenvalue weighted by molar-refractivity contribution is 6.31. The van der Waals surface area contributed by atoms with Gasteiger partial charge in [0.1, 0.15) is 18.0 Å². The first-order valence-electron chi connectivity index (χ1n) is 5.86. The summed E-state index contributed by atoms with van der Waals surface area (Å²) in [5.41, 5.74) is 4.51. The van der Waals surface area contributed by atoms with Crippen LogP contribution >= 0.6 is 11.6 Å². The van der Waals surface area contributed by atoms with E-state index in [1.807, 2.05) is 43.1 Å². The van der Waals surface area contributed by atoms with Gasteiger partial charge in [-0.3, -0.25) is 0 Å². The van der Waals surface area contributed by atoms with Gasteiger partial charge in [0.2, 0.25) is 0 Å². The molecular weight excluding hydrogens is 262 g/mol. The molecule has 0 saturated carbocycles. The Hall–Kier alpha value is -1.85. The minimum absolute atomic E-state index is 0.621. The average Bonchev–Trinajstić information content (AvgIpc) is 2.41. The van der Waals surface area contributed by atoms with Gasteiger partial charge < -0.3 is 10.3 Å². The van der Waals surface area contributed by atoms with Crippen molar-refractivity contribution in [2.45, 2.75) is 13.5 Å². The number of nitrogens with two attached hydrogens (primary N) is 1. The number of hydrazine groups is 1.